The van der Waals surface area contributed by atoms with Gasteiger partial charge >= 0.3 is 0 Å². The number of nitrogens with zero attached hydrogens (tertiary/aromatic N) is 2. The first-order chi connectivity index (χ1) is 9.17. The monoisotopic (exact) mass is 255 g/mol. The molecule has 0 aliphatic heterocycles. The van der Waals surface area contributed by atoms with Crippen LogP contribution in [0.3, 0.4) is 0 Å². The van der Waals surface area contributed by atoms with Gasteiger partial charge in [-0.3, -0.25) is 0 Å². The normalized spacial score (nSPS) is 12.4. The average Bonchev–Trinajstić information content (AvgIpc) is 2.41. The lowest BCUT2D eigenvalue weighted by atomic mass is 10.1. The summed E-state index contributed by atoms with van der Waals surface area (Å²) < 4.78 is 0. The van der Waals surface area contributed by atoms with Crippen molar-refractivity contribution in [1.82, 2.24) is 9.97 Å². The lowest BCUT2D eigenvalue weighted by Crippen LogP contribution is -2.21. The van der Waals surface area contributed by atoms with Gasteiger partial charge in [-0.2, -0.15) is 0 Å². The molecule has 3 heteroatoms. The highest BCUT2D eigenvalue weighted by Crippen LogP contribution is 2.09. The highest BCUT2D eigenvalue weighted by molar-refractivity contribution is 5.25. The molecule has 1 atom stereocenters. The molecule has 0 amide bonds. The van der Waals surface area contributed by atoms with Gasteiger partial charge in [0.15, 0.2) is 0 Å². The molecule has 1 unspecified atom stereocenters. The van der Waals surface area contributed by atoms with Gasteiger partial charge < -0.3 is 5.73 Å². The van der Waals surface area contributed by atoms with Crippen molar-refractivity contribution in [3.8, 4) is 0 Å². The Balaban J connectivity index is 2.02. The number of aromatic nitrogens is 2. The molecule has 2 aromatic rings. The zero-order valence-electron chi connectivity index (χ0n) is 11.6. The van der Waals surface area contributed by atoms with Gasteiger partial charge in [-0.25, -0.2) is 9.97 Å². The first kappa shape index (κ1) is 13.7. The van der Waals surface area contributed by atoms with E-state index >= 15 is 0 Å². The Bertz CT molecular complexity index is 520. The number of hydrogen-bond acceptors (Lipinski definition) is 3. The standard InChI is InChI=1S/C16H21N3/c1-3-15(17)8-14-10-18-16(19-11-14)9-13-6-4-5-12(2)7-13/h4-7,10-11,15H,3,8-9,17H2,1-2H3. The van der Waals surface area contributed by atoms with E-state index in [9.17, 15) is 0 Å². The molecular weight excluding hydrogens is 234 g/mol. The first-order valence-electron chi connectivity index (χ1n) is 6.78. The Morgan fingerprint density at radius 2 is 1.89 bits per heavy atom. The minimum absolute atomic E-state index is 0.200. The molecule has 2 rings (SSSR count). The van der Waals surface area contributed by atoms with Crippen molar-refractivity contribution in [3.05, 3.63) is 59.2 Å². The van der Waals surface area contributed by atoms with Gasteiger partial charge in [0.05, 0.1) is 0 Å². The number of nitrogens with two attached hydrogens (primary N) is 1. The van der Waals surface area contributed by atoms with E-state index in [2.05, 4.69) is 48.1 Å². The summed E-state index contributed by atoms with van der Waals surface area (Å²) in [4.78, 5) is 8.85. The van der Waals surface area contributed by atoms with Crippen LogP contribution < -0.4 is 5.73 Å². The second-order valence-electron chi connectivity index (χ2n) is 5.05. The summed E-state index contributed by atoms with van der Waals surface area (Å²) in [6.07, 6.45) is 6.40. The zero-order valence-corrected chi connectivity index (χ0v) is 11.6. The van der Waals surface area contributed by atoms with Gasteiger partial charge in [-0.05, 0) is 30.9 Å². The molecule has 0 aliphatic carbocycles. The Labute approximate surface area is 114 Å². The zero-order chi connectivity index (χ0) is 13.7. The molecule has 19 heavy (non-hydrogen) atoms. The van der Waals surface area contributed by atoms with Crippen molar-refractivity contribution >= 4 is 0 Å². The Morgan fingerprint density at radius 3 is 2.53 bits per heavy atom. The van der Waals surface area contributed by atoms with Crippen LogP contribution in [0.25, 0.3) is 0 Å². The van der Waals surface area contributed by atoms with Crippen molar-refractivity contribution in [2.24, 2.45) is 5.73 Å². The minimum atomic E-state index is 0.200. The van der Waals surface area contributed by atoms with Crippen molar-refractivity contribution < 1.29 is 0 Å². The van der Waals surface area contributed by atoms with E-state index in [1.54, 1.807) is 0 Å². The van der Waals surface area contributed by atoms with Crippen LogP contribution in [-0.2, 0) is 12.8 Å². The molecule has 0 bridgehead atoms. The van der Waals surface area contributed by atoms with Crippen molar-refractivity contribution in [2.75, 3.05) is 0 Å². The lowest BCUT2D eigenvalue weighted by Gasteiger charge is -2.08. The number of hydrogen-bond donors (Lipinski definition) is 1. The van der Waals surface area contributed by atoms with Gasteiger partial charge in [-0.1, -0.05) is 36.8 Å². The smallest absolute Gasteiger partial charge is 0.132 e. The largest absolute Gasteiger partial charge is 0.327 e. The van der Waals surface area contributed by atoms with Crippen LogP contribution in [0.1, 0.15) is 35.9 Å². The van der Waals surface area contributed by atoms with Crippen molar-refractivity contribution in [2.45, 2.75) is 39.2 Å². The summed E-state index contributed by atoms with van der Waals surface area (Å²) in [5, 5.41) is 0. The summed E-state index contributed by atoms with van der Waals surface area (Å²) >= 11 is 0. The van der Waals surface area contributed by atoms with Crippen LogP contribution in [0.15, 0.2) is 36.7 Å². The molecule has 0 spiro atoms. The summed E-state index contributed by atoms with van der Waals surface area (Å²) in [7, 11) is 0. The van der Waals surface area contributed by atoms with E-state index < -0.39 is 0 Å². The van der Waals surface area contributed by atoms with Gasteiger partial charge in [0, 0.05) is 24.9 Å². The third kappa shape index (κ3) is 4.14. The quantitative estimate of drug-likeness (QED) is 0.893. The molecule has 0 saturated heterocycles. The molecule has 0 radical (unpaired) electrons. The Morgan fingerprint density at radius 1 is 1.16 bits per heavy atom. The van der Waals surface area contributed by atoms with Gasteiger partial charge in [-0.15, -0.1) is 0 Å². The van der Waals surface area contributed by atoms with E-state index in [-0.39, 0.29) is 6.04 Å². The molecule has 2 N–H and O–H groups in total. The van der Waals surface area contributed by atoms with Crippen LogP contribution >= 0.6 is 0 Å². The van der Waals surface area contributed by atoms with Gasteiger partial charge in [0.1, 0.15) is 5.82 Å². The number of rotatable bonds is 5. The fraction of sp³-hybridized carbons (Fsp3) is 0.375. The second kappa shape index (κ2) is 6.43. The van der Waals surface area contributed by atoms with E-state index in [0.717, 1.165) is 30.7 Å². The molecule has 0 saturated carbocycles. The summed E-state index contributed by atoms with van der Waals surface area (Å²) in [6, 6.07) is 8.65. The average molecular weight is 255 g/mol. The molecule has 0 fully saturated rings. The molecule has 3 nitrogen and oxygen atoms in total. The highest BCUT2D eigenvalue weighted by atomic mass is 14.9. The van der Waals surface area contributed by atoms with Crippen LogP contribution in [0.2, 0.25) is 0 Å². The van der Waals surface area contributed by atoms with Crippen LogP contribution in [0.4, 0.5) is 0 Å². The maximum absolute atomic E-state index is 5.93. The summed E-state index contributed by atoms with van der Waals surface area (Å²) in [5.74, 6) is 0.861. The van der Waals surface area contributed by atoms with E-state index in [4.69, 9.17) is 5.73 Å². The van der Waals surface area contributed by atoms with Crippen LogP contribution in [0, 0.1) is 6.92 Å². The third-order valence-electron chi connectivity index (χ3n) is 3.23. The second-order valence-corrected chi connectivity index (χ2v) is 5.05. The van der Waals surface area contributed by atoms with Crippen LogP contribution in [-0.4, -0.2) is 16.0 Å². The van der Waals surface area contributed by atoms with Crippen LogP contribution in [0.5, 0.6) is 0 Å². The summed E-state index contributed by atoms with van der Waals surface area (Å²) in [6.45, 7) is 4.19. The Hall–Kier alpha value is -1.74. The predicted molar refractivity (Wildman–Crippen MR) is 78.0 cm³/mol. The van der Waals surface area contributed by atoms with E-state index in [1.807, 2.05) is 12.4 Å². The molecule has 1 aromatic heterocycles. The Kier molecular flexibility index (Phi) is 4.63. The van der Waals surface area contributed by atoms with Crippen molar-refractivity contribution in [3.63, 3.8) is 0 Å². The predicted octanol–water partition coefficient (Wildman–Crippen LogP) is 2.66. The minimum Gasteiger partial charge on any atom is -0.327 e. The SMILES string of the molecule is CCC(N)Cc1cnc(Cc2cccc(C)c2)nc1. The van der Waals surface area contributed by atoms with Crippen molar-refractivity contribution in [1.29, 1.82) is 0 Å². The fourth-order valence-electron chi connectivity index (χ4n) is 2.03. The summed E-state index contributed by atoms with van der Waals surface area (Å²) in [5.41, 5.74) is 9.56. The van der Waals surface area contributed by atoms with E-state index in [0.29, 0.717) is 0 Å². The molecule has 0 aliphatic rings. The number of aryl methyl sites for hydroxylation is 1. The molecule has 1 aromatic carbocycles. The maximum Gasteiger partial charge on any atom is 0.132 e. The molecule has 1 heterocycles. The first-order valence-corrected chi connectivity index (χ1v) is 6.78. The van der Waals surface area contributed by atoms with Gasteiger partial charge in [0.2, 0.25) is 0 Å². The van der Waals surface area contributed by atoms with Gasteiger partial charge in [0.25, 0.3) is 0 Å². The fourth-order valence-corrected chi connectivity index (χ4v) is 2.03. The number of benzene rings is 1. The van der Waals surface area contributed by atoms with E-state index in [1.165, 1.54) is 11.1 Å². The molecule has 100 valence electrons. The molecular formula is C16H21N3. The topological polar surface area (TPSA) is 51.8 Å². The lowest BCUT2D eigenvalue weighted by molar-refractivity contribution is 0.642. The highest BCUT2D eigenvalue weighted by Gasteiger charge is 2.04. The maximum atomic E-state index is 5.93. The third-order valence-corrected chi connectivity index (χ3v) is 3.23.